The lowest BCUT2D eigenvalue weighted by Crippen LogP contribution is -2.06. The van der Waals surface area contributed by atoms with Crippen LogP contribution in [0.5, 0.6) is 5.75 Å². The van der Waals surface area contributed by atoms with Crippen molar-refractivity contribution in [2.75, 3.05) is 6.61 Å². The first-order chi connectivity index (χ1) is 15.0. The molecule has 32 heavy (non-hydrogen) atoms. The maximum atomic E-state index is 12.8. The zero-order valence-corrected chi connectivity index (χ0v) is 18.0. The summed E-state index contributed by atoms with van der Waals surface area (Å²) in [6, 6.07) is 9.97. The molecular formula is C24H24F3NO4. The fourth-order valence-electron chi connectivity index (χ4n) is 3.26. The van der Waals surface area contributed by atoms with Crippen LogP contribution in [0, 0.1) is 6.92 Å². The van der Waals surface area contributed by atoms with Gasteiger partial charge in [0.05, 0.1) is 24.3 Å². The summed E-state index contributed by atoms with van der Waals surface area (Å²) in [6.07, 6.45) is -4.06. The maximum Gasteiger partial charge on any atom is 0.416 e. The molecule has 2 aromatic carbocycles. The van der Waals surface area contributed by atoms with Gasteiger partial charge in [0.1, 0.15) is 11.5 Å². The summed E-state index contributed by atoms with van der Waals surface area (Å²) in [4.78, 5) is 15.4. The van der Waals surface area contributed by atoms with Gasteiger partial charge in [-0.3, -0.25) is 4.79 Å². The Bertz CT molecular complexity index is 1090. The van der Waals surface area contributed by atoms with Crippen LogP contribution >= 0.6 is 0 Å². The van der Waals surface area contributed by atoms with Crippen molar-refractivity contribution in [2.24, 2.45) is 0 Å². The normalized spacial score (nSPS) is 11.7. The number of hydrogen-bond donors (Lipinski definition) is 1. The quantitative estimate of drug-likeness (QED) is 0.456. The third-order valence-electron chi connectivity index (χ3n) is 4.92. The summed E-state index contributed by atoms with van der Waals surface area (Å²) < 4.78 is 50.2. The van der Waals surface area contributed by atoms with Crippen molar-refractivity contribution >= 4 is 5.97 Å². The van der Waals surface area contributed by atoms with Gasteiger partial charge >= 0.3 is 12.1 Å². The van der Waals surface area contributed by atoms with Crippen LogP contribution in [0.4, 0.5) is 13.2 Å². The molecule has 5 nitrogen and oxygen atoms in total. The second kappa shape index (κ2) is 9.46. The Hall–Kier alpha value is -3.29. The van der Waals surface area contributed by atoms with E-state index in [1.807, 2.05) is 26.8 Å². The lowest BCUT2D eigenvalue weighted by atomic mass is 10.1. The lowest BCUT2D eigenvalue weighted by molar-refractivity contribution is -0.138. The van der Waals surface area contributed by atoms with Gasteiger partial charge in [0.2, 0.25) is 5.89 Å². The van der Waals surface area contributed by atoms with E-state index in [4.69, 9.17) is 14.3 Å². The van der Waals surface area contributed by atoms with Crippen LogP contribution < -0.4 is 4.74 Å². The monoisotopic (exact) mass is 447 g/mol. The Kier molecular flexibility index (Phi) is 6.91. The molecule has 8 heteroatoms. The zero-order chi connectivity index (χ0) is 23.5. The van der Waals surface area contributed by atoms with E-state index < -0.39 is 17.7 Å². The van der Waals surface area contributed by atoms with E-state index in [-0.39, 0.29) is 24.8 Å². The summed E-state index contributed by atoms with van der Waals surface area (Å²) >= 11 is 0. The number of nitrogens with zero attached hydrogens (tertiary/aromatic N) is 1. The fraction of sp³-hybridized carbons (Fsp3) is 0.333. The first kappa shape index (κ1) is 23.4. The third-order valence-corrected chi connectivity index (χ3v) is 4.92. The highest BCUT2D eigenvalue weighted by atomic mass is 19.4. The first-order valence-corrected chi connectivity index (χ1v) is 10.2. The van der Waals surface area contributed by atoms with Gasteiger partial charge in [-0.1, -0.05) is 26.0 Å². The molecule has 1 aromatic heterocycles. The Morgan fingerprint density at radius 3 is 2.44 bits per heavy atom. The minimum absolute atomic E-state index is 0.0290. The summed E-state index contributed by atoms with van der Waals surface area (Å²) in [5.41, 5.74) is 1.94. The molecule has 1 heterocycles. The van der Waals surface area contributed by atoms with Crippen molar-refractivity contribution in [2.45, 2.75) is 45.7 Å². The molecule has 0 atom stereocenters. The maximum absolute atomic E-state index is 12.8. The molecule has 0 aliphatic rings. The Morgan fingerprint density at radius 1 is 1.16 bits per heavy atom. The minimum atomic E-state index is -4.40. The number of carboxylic acid groups (broad SMARTS) is 1. The van der Waals surface area contributed by atoms with E-state index in [0.29, 0.717) is 34.8 Å². The van der Waals surface area contributed by atoms with Crippen LogP contribution in [-0.2, 0) is 23.8 Å². The van der Waals surface area contributed by atoms with Crippen molar-refractivity contribution in [3.63, 3.8) is 0 Å². The van der Waals surface area contributed by atoms with Gasteiger partial charge in [-0.05, 0) is 48.4 Å². The van der Waals surface area contributed by atoms with Gasteiger partial charge in [-0.2, -0.15) is 13.2 Å². The summed E-state index contributed by atoms with van der Waals surface area (Å²) in [5.74, 6) is 0.624. The molecule has 1 N–H and O–H groups in total. The van der Waals surface area contributed by atoms with E-state index in [9.17, 15) is 18.0 Å². The van der Waals surface area contributed by atoms with E-state index >= 15 is 0 Å². The average Bonchev–Trinajstić information content (AvgIpc) is 3.14. The molecule has 0 amide bonds. The highest BCUT2D eigenvalue weighted by molar-refractivity contribution is 5.70. The van der Waals surface area contributed by atoms with Crippen LogP contribution in [-0.4, -0.2) is 22.7 Å². The third kappa shape index (κ3) is 5.69. The molecule has 0 bridgehead atoms. The molecule has 170 valence electrons. The number of halogens is 3. The van der Waals surface area contributed by atoms with E-state index in [0.717, 1.165) is 17.7 Å². The standard InChI is InChI=1S/C24H24F3NO4/c1-14(2)22-19(10-11-31-20-12-16(13-21(29)30)5-4-15(20)3)28-23(32-22)17-6-8-18(9-7-17)24(25,26)27/h4-9,12,14H,10-11,13H2,1-3H3,(H,29,30). The van der Waals surface area contributed by atoms with Gasteiger partial charge in [-0.25, -0.2) is 4.98 Å². The van der Waals surface area contributed by atoms with Crippen LogP contribution in [0.2, 0.25) is 0 Å². The fourth-order valence-corrected chi connectivity index (χ4v) is 3.26. The Labute approximate surface area is 183 Å². The smallest absolute Gasteiger partial charge is 0.416 e. The molecule has 0 fully saturated rings. The van der Waals surface area contributed by atoms with E-state index in [1.165, 1.54) is 12.1 Å². The van der Waals surface area contributed by atoms with Crippen LogP contribution in [0.25, 0.3) is 11.5 Å². The molecular weight excluding hydrogens is 423 g/mol. The van der Waals surface area contributed by atoms with Crippen molar-refractivity contribution in [1.29, 1.82) is 0 Å². The number of alkyl halides is 3. The van der Waals surface area contributed by atoms with Gasteiger partial charge in [0.15, 0.2) is 0 Å². The van der Waals surface area contributed by atoms with Crippen LogP contribution in [0.3, 0.4) is 0 Å². The lowest BCUT2D eigenvalue weighted by Gasteiger charge is -2.10. The van der Waals surface area contributed by atoms with Gasteiger partial charge < -0.3 is 14.3 Å². The molecule has 3 aromatic rings. The first-order valence-electron chi connectivity index (χ1n) is 10.2. The number of aryl methyl sites for hydroxylation is 1. The average molecular weight is 447 g/mol. The number of carboxylic acids is 1. The zero-order valence-electron chi connectivity index (χ0n) is 18.0. The molecule has 0 saturated heterocycles. The number of aliphatic carboxylic acids is 1. The Morgan fingerprint density at radius 2 is 1.84 bits per heavy atom. The molecule has 0 saturated carbocycles. The number of rotatable bonds is 8. The topological polar surface area (TPSA) is 72.6 Å². The van der Waals surface area contributed by atoms with Crippen molar-refractivity contribution < 1.29 is 32.2 Å². The SMILES string of the molecule is Cc1ccc(CC(=O)O)cc1OCCc1nc(-c2ccc(C(F)(F)F)cc2)oc1C(C)C. The predicted octanol–water partition coefficient (Wildman–Crippen LogP) is 6.04. The number of carbonyl (C=O) groups is 1. The number of hydrogen-bond acceptors (Lipinski definition) is 4. The number of oxazole rings is 1. The molecule has 0 spiro atoms. The summed E-state index contributed by atoms with van der Waals surface area (Å²) in [6.45, 7) is 6.05. The minimum Gasteiger partial charge on any atom is -0.493 e. The van der Waals surface area contributed by atoms with E-state index in [2.05, 4.69) is 4.98 Å². The second-order valence-corrected chi connectivity index (χ2v) is 7.83. The largest absolute Gasteiger partial charge is 0.493 e. The molecule has 0 aliphatic carbocycles. The van der Waals surface area contributed by atoms with Crippen LogP contribution in [0.1, 0.15) is 47.9 Å². The molecule has 0 aliphatic heterocycles. The Balaban J connectivity index is 1.75. The van der Waals surface area contributed by atoms with Crippen LogP contribution in [0.15, 0.2) is 46.9 Å². The van der Waals surface area contributed by atoms with Crippen molar-refractivity contribution in [3.05, 3.63) is 70.6 Å². The van der Waals surface area contributed by atoms with Gasteiger partial charge in [0, 0.05) is 17.9 Å². The van der Waals surface area contributed by atoms with Crippen molar-refractivity contribution in [3.8, 4) is 17.2 Å². The van der Waals surface area contributed by atoms with Crippen molar-refractivity contribution in [1.82, 2.24) is 4.98 Å². The molecule has 0 radical (unpaired) electrons. The van der Waals surface area contributed by atoms with Gasteiger partial charge in [0.25, 0.3) is 0 Å². The summed E-state index contributed by atoms with van der Waals surface area (Å²) in [5, 5.41) is 8.97. The number of benzene rings is 2. The number of aromatic nitrogens is 1. The summed E-state index contributed by atoms with van der Waals surface area (Å²) in [7, 11) is 0. The molecule has 3 rings (SSSR count). The highest BCUT2D eigenvalue weighted by Gasteiger charge is 2.30. The number of ether oxygens (including phenoxy) is 1. The second-order valence-electron chi connectivity index (χ2n) is 7.83. The predicted molar refractivity (Wildman–Crippen MR) is 113 cm³/mol. The van der Waals surface area contributed by atoms with Gasteiger partial charge in [-0.15, -0.1) is 0 Å². The molecule has 0 unspecified atom stereocenters. The highest BCUT2D eigenvalue weighted by Crippen LogP contribution is 2.32. The van der Waals surface area contributed by atoms with E-state index in [1.54, 1.807) is 12.1 Å².